The van der Waals surface area contributed by atoms with Gasteiger partial charge >= 0.3 is 0 Å². The molecule has 0 amide bonds. The number of halogens is 1. The second kappa shape index (κ2) is 4.51. The topological polar surface area (TPSA) is 21.3 Å². The lowest BCUT2D eigenvalue weighted by atomic mass is 10.1. The van der Waals surface area contributed by atoms with Crippen molar-refractivity contribution in [1.82, 2.24) is 5.32 Å². The van der Waals surface area contributed by atoms with Gasteiger partial charge < -0.3 is 9.74 Å². The quantitative estimate of drug-likeness (QED) is 0.741. The van der Waals surface area contributed by atoms with Gasteiger partial charge in [0.2, 0.25) is 0 Å². The molecule has 1 fully saturated rings. The molecule has 15 heavy (non-hydrogen) atoms. The van der Waals surface area contributed by atoms with Gasteiger partial charge in [-0.25, -0.2) is 4.39 Å². The maximum atomic E-state index is 13.6. The van der Waals surface area contributed by atoms with Gasteiger partial charge in [-0.3, -0.25) is 0 Å². The first kappa shape index (κ1) is 13.1. The Balaban J connectivity index is 2.59. The predicted octanol–water partition coefficient (Wildman–Crippen LogP) is 2.71. The minimum absolute atomic E-state index is 0.164. The summed E-state index contributed by atoms with van der Waals surface area (Å²) in [6.45, 7) is 12.2. The fourth-order valence-corrected chi connectivity index (χ4v) is 2.86. The van der Waals surface area contributed by atoms with E-state index in [0.717, 1.165) is 13.0 Å². The van der Waals surface area contributed by atoms with Crippen LogP contribution in [0.4, 0.5) is 4.39 Å². The maximum Gasteiger partial charge on any atom is 0.192 e. The molecule has 4 heteroatoms. The Morgan fingerprint density at radius 3 is 2.40 bits per heavy atom. The molecule has 0 bridgehead atoms. The second-order valence-electron chi connectivity index (χ2n) is 5.93. The highest BCUT2D eigenvalue weighted by atomic mass is 28.4. The van der Waals surface area contributed by atoms with E-state index >= 15 is 0 Å². The molecule has 0 aromatic heterocycles. The molecule has 1 aliphatic rings. The Morgan fingerprint density at radius 1 is 1.33 bits per heavy atom. The number of hydrogen-bond donors (Lipinski definition) is 1. The standard InChI is InChI=1S/C11H24FNOSi/c1-11(2,3)15(4,5)14-10-6-7-13-8-9(10)12/h9-10,13H,6-8H2,1-5H3/t9-,10+/m0/s1. The molecule has 2 nitrogen and oxygen atoms in total. The lowest BCUT2D eigenvalue weighted by molar-refractivity contribution is 0.0617. The first-order chi connectivity index (χ1) is 6.74. The van der Waals surface area contributed by atoms with Crippen LogP contribution < -0.4 is 5.32 Å². The van der Waals surface area contributed by atoms with E-state index in [-0.39, 0.29) is 11.1 Å². The van der Waals surface area contributed by atoms with Crippen LogP contribution in [0.5, 0.6) is 0 Å². The van der Waals surface area contributed by atoms with Crippen LogP contribution in [0.3, 0.4) is 0 Å². The minimum Gasteiger partial charge on any atom is -0.411 e. The molecule has 1 aliphatic heterocycles. The molecule has 0 spiro atoms. The van der Waals surface area contributed by atoms with Gasteiger partial charge in [0.25, 0.3) is 0 Å². The van der Waals surface area contributed by atoms with E-state index in [1.807, 2.05) is 0 Å². The van der Waals surface area contributed by atoms with Crippen LogP contribution in [0.2, 0.25) is 18.1 Å². The summed E-state index contributed by atoms with van der Waals surface area (Å²) in [5.74, 6) is 0. The molecular weight excluding hydrogens is 209 g/mol. The van der Waals surface area contributed by atoms with Crippen molar-refractivity contribution in [2.75, 3.05) is 13.1 Å². The smallest absolute Gasteiger partial charge is 0.192 e. The van der Waals surface area contributed by atoms with Gasteiger partial charge in [0.15, 0.2) is 8.32 Å². The van der Waals surface area contributed by atoms with Gasteiger partial charge in [-0.05, 0) is 31.1 Å². The molecule has 2 atom stereocenters. The number of piperidine rings is 1. The van der Waals surface area contributed by atoms with Crippen molar-refractivity contribution in [2.24, 2.45) is 0 Å². The Labute approximate surface area is 93.7 Å². The molecule has 0 radical (unpaired) electrons. The molecular formula is C11H24FNOSi. The highest BCUT2D eigenvalue weighted by Crippen LogP contribution is 2.38. The molecule has 0 saturated carbocycles. The van der Waals surface area contributed by atoms with Crippen molar-refractivity contribution in [3.05, 3.63) is 0 Å². The summed E-state index contributed by atoms with van der Waals surface area (Å²) in [5.41, 5.74) is 0. The fraction of sp³-hybridized carbons (Fsp3) is 1.00. The molecule has 1 saturated heterocycles. The number of hydrogen-bond acceptors (Lipinski definition) is 2. The minimum atomic E-state index is -1.80. The van der Waals surface area contributed by atoms with E-state index < -0.39 is 14.5 Å². The Bertz CT molecular complexity index is 215. The Hall–Kier alpha value is 0.0669. The number of alkyl halides is 1. The number of nitrogens with one attached hydrogen (secondary N) is 1. The lowest BCUT2D eigenvalue weighted by Crippen LogP contribution is -2.51. The highest BCUT2D eigenvalue weighted by molar-refractivity contribution is 6.74. The van der Waals surface area contributed by atoms with Crippen molar-refractivity contribution in [3.63, 3.8) is 0 Å². The Morgan fingerprint density at radius 2 is 1.93 bits per heavy atom. The van der Waals surface area contributed by atoms with Crippen LogP contribution in [0.1, 0.15) is 27.2 Å². The van der Waals surface area contributed by atoms with Crippen molar-refractivity contribution >= 4 is 8.32 Å². The van der Waals surface area contributed by atoms with Gasteiger partial charge in [0.05, 0.1) is 6.10 Å². The molecule has 0 aliphatic carbocycles. The summed E-state index contributed by atoms with van der Waals surface area (Å²) in [6, 6.07) is 0. The van der Waals surface area contributed by atoms with E-state index in [1.54, 1.807) is 0 Å². The lowest BCUT2D eigenvalue weighted by Gasteiger charge is -2.41. The van der Waals surface area contributed by atoms with Gasteiger partial charge in [-0.15, -0.1) is 0 Å². The molecule has 1 heterocycles. The normalized spacial score (nSPS) is 29.2. The first-order valence-corrected chi connectivity index (χ1v) is 8.67. The van der Waals surface area contributed by atoms with Crippen LogP contribution in [0.25, 0.3) is 0 Å². The largest absolute Gasteiger partial charge is 0.411 e. The summed E-state index contributed by atoms with van der Waals surface area (Å²) in [7, 11) is -1.80. The average molecular weight is 233 g/mol. The summed E-state index contributed by atoms with van der Waals surface area (Å²) in [4.78, 5) is 0. The predicted molar refractivity (Wildman–Crippen MR) is 64.5 cm³/mol. The third-order valence-electron chi connectivity index (χ3n) is 3.60. The monoisotopic (exact) mass is 233 g/mol. The summed E-state index contributed by atoms with van der Waals surface area (Å²) in [6.07, 6.45) is -0.228. The summed E-state index contributed by atoms with van der Waals surface area (Å²) < 4.78 is 19.7. The van der Waals surface area contributed by atoms with Crippen molar-refractivity contribution in [3.8, 4) is 0 Å². The molecule has 90 valence electrons. The van der Waals surface area contributed by atoms with Crippen molar-refractivity contribution < 1.29 is 8.82 Å². The third kappa shape index (κ3) is 3.26. The van der Waals surface area contributed by atoms with Crippen LogP contribution >= 0.6 is 0 Å². The van der Waals surface area contributed by atoms with E-state index in [2.05, 4.69) is 39.2 Å². The van der Waals surface area contributed by atoms with Crippen LogP contribution in [0, 0.1) is 0 Å². The van der Waals surface area contributed by atoms with Crippen LogP contribution in [0.15, 0.2) is 0 Å². The first-order valence-electron chi connectivity index (χ1n) is 5.76. The third-order valence-corrected chi connectivity index (χ3v) is 8.10. The Kier molecular flexibility index (Phi) is 3.95. The molecule has 1 rings (SSSR count). The zero-order valence-electron chi connectivity index (χ0n) is 10.6. The average Bonchev–Trinajstić information content (AvgIpc) is 2.06. The number of rotatable bonds is 2. The molecule has 0 aromatic carbocycles. The molecule has 0 unspecified atom stereocenters. The maximum absolute atomic E-state index is 13.6. The molecule has 0 aromatic rings. The van der Waals surface area contributed by atoms with Crippen LogP contribution in [-0.2, 0) is 4.43 Å². The SMILES string of the molecule is CC(C)(C)[Si](C)(C)O[C@@H]1CCNC[C@@H]1F. The van der Waals surface area contributed by atoms with E-state index in [0.29, 0.717) is 6.54 Å². The van der Waals surface area contributed by atoms with Gasteiger partial charge in [0.1, 0.15) is 6.17 Å². The van der Waals surface area contributed by atoms with Crippen molar-refractivity contribution in [1.29, 1.82) is 0 Å². The highest BCUT2D eigenvalue weighted by Gasteiger charge is 2.41. The fourth-order valence-electron chi connectivity index (χ4n) is 1.48. The van der Waals surface area contributed by atoms with Crippen LogP contribution in [-0.4, -0.2) is 33.7 Å². The summed E-state index contributed by atoms with van der Waals surface area (Å²) >= 11 is 0. The van der Waals surface area contributed by atoms with Gasteiger partial charge in [-0.2, -0.15) is 0 Å². The van der Waals surface area contributed by atoms with Gasteiger partial charge in [-0.1, -0.05) is 20.8 Å². The second-order valence-corrected chi connectivity index (χ2v) is 10.7. The molecule has 1 N–H and O–H groups in total. The zero-order valence-corrected chi connectivity index (χ0v) is 11.6. The van der Waals surface area contributed by atoms with Gasteiger partial charge in [0, 0.05) is 6.54 Å². The zero-order chi connectivity index (χ0) is 11.7. The van der Waals surface area contributed by atoms with Crippen molar-refractivity contribution in [2.45, 2.75) is 57.6 Å². The van der Waals surface area contributed by atoms with E-state index in [1.165, 1.54) is 0 Å². The van der Waals surface area contributed by atoms with E-state index in [4.69, 9.17) is 4.43 Å². The van der Waals surface area contributed by atoms with E-state index in [9.17, 15) is 4.39 Å². The summed E-state index contributed by atoms with van der Waals surface area (Å²) in [5, 5.41) is 3.21.